The van der Waals surface area contributed by atoms with E-state index in [0.717, 1.165) is 5.56 Å². The molecule has 0 saturated carbocycles. The van der Waals surface area contributed by atoms with E-state index in [1.54, 1.807) is 42.5 Å². The molecule has 2 rings (SSSR count). The number of anilines is 1. The maximum Gasteiger partial charge on any atom is 0.310 e. The Morgan fingerprint density at radius 1 is 1.05 bits per heavy atom. The summed E-state index contributed by atoms with van der Waals surface area (Å²) in [7, 11) is 0. The van der Waals surface area contributed by atoms with Crippen molar-refractivity contribution in [2.45, 2.75) is 13.0 Å². The van der Waals surface area contributed by atoms with Gasteiger partial charge in [0.05, 0.1) is 6.42 Å². The molecule has 4 N–H and O–H groups in total. The summed E-state index contributed by atoms with van der Waals surface area (Å²) >= 11 is 0. The van der Waals surface area contributed by atoms with Crippen LogP contribution in [0, 0.1) is 0 Å². The Morgan fingerprint density at radius 3 is 2.52 bits per heavy atom. The highest BCUT2D eigenvalue weighted by atomic mass is 16.5. The van der Waals surface area contributed by atoms with Gasteiger partial charge in [0.1, 0.15) is 6.61 Å². The summed E-state index contributed by atoms with van der Waals surface area (Å²) in [6, 6.07) is 13.8. The average Bonchev–Trinajstić information content (AvgIpc) is 2.48. The molecule has 0 fully saturated rings. The molecule has 0 spiro atoms. The zero-order chi connectivity index (χ0) is 15.2. The Labute approximate surface area is 122 Å². The van der Waals surface area contributed by atoms with E-state index in [1.807, 2.05) is 6.07 Å². The average molecular weight is 284 g/mol. The second-order valence-corrected chi connectivity index (χ2v) is 4.60. The van der Waals surface area contributed by atoms with Gasteiger partial charge in [-0.25, -0.2) is 0 Å². The van der Waals surface area contributed by atoms with Crippen LogP contribution >= 0.6 is 0 Å². The summed E-state index contributed by atoms with van der Waals surface area (Å²) < 4.78 is 5.18. The minimum absolute atomic E-state index is 0.0900. The van der Waals surface area contributed by atoms with Crippen molar-refractivity contribution in [2.24, 2.45) is 5.73 Å². The molecule has 2 aromatic rings. The van der Waals surface area contributed by atoms with Gasteiger partial charge in [-0.05, 0) is 29.3 Å². The van der Waals surface area contributed by atoms with Crippen LogP contribution in [0.25, 0.3) is 0 Å². The lowest BCUT2D eigenvalue weighted by Gasteiger charge is -2.07. The molecule has 21 heavy (non-hydrogen) atoms. The second kappa shape index (κ2) is 6.56. The largest absolute Gasteiger partial charge is 0.461 e. The molecule has 0 bridgehead atoms. The number of ether oxygens (including phenoxy) is 1. The summed E-state index contributed by atoms with van der Waals surface area (Å²) in [5.74, 6) is -0.891. The number of hydrogen-bond donors (Lipinski definition) is 2. The van der Waals surface area contributed by atoms with Crippen LogP contribution in [0.1, 0.15) is 21.5 Å². The molecular formula is C16H16N2O3. The van der Waals surface area contributed by atoms with Crippen LogP contribution in [0.4, 0.5) is 5.69 Å². The molecule has 0 atom stereocenters. The van der Waals surface area contributed by atoms with Crippen molar-refractivity contribution in [3.05, 3.63) is 65.2 Å². The number of hydrogen-bond acceptors (Lipinski definition) is 4. The van der Waals surface area contributed by atoms with E-state index in [-0.39, 0.29) is 19.0 Å². The minimum Gasteiger partial charge on any atom is -0.461 e. The van der Waals surface area contributed by atoms with Crippen LogP contribution in [-0.2, 0) is 22.6 Å². The standard InChI is InChI=1S/C16H16N2O3/c17-14-7-2-1-5-12(14)9-15(19)21-10-11-4-3-6-13(8-11)16(18)20/h1-8H,9-10,17H2,(H2,18,20). The van der Waals surface area contributed by atoms with Crippen molar-refractivity contribution in [3.8, 4) is 0 Å². The fourth-order valence-electron chi connectivity index (χ4n) is 1.88. The fourth-order valence-corrected chi connectivity index (χ4v) is 1.88. The summed E-state index contributed by atoms with van der Waals surface area (Å²) in [6.45, 7) is 0.0900. The van der Waals surface area contributed by atoms with E-state index < -0.39 is 5.91 Å². The Morgan fingerprint density at radius 2 is 1.81 bits per heavy atom. The van der Waals surface area contributed by atoms with Gasteiger partial charge in [-0.15, -0.1) is 0 Å². The summed E-state index contributed by atoms with van der Waals surface area (Å²) in [4.78, 5) is 22.9. The molecule has 2 aromatic carbocycles. The van der Waals surface area contributed by atoms with Crippen LogP contribution in [0.2, 0.25) is 0 Å². The van der Waals surface area contributed by atoms with Crippen LogP contribution in [0.3, 0.4) is 0 Å². The Kier molecular flexibility index (Phi) is 4.56. The van der Waals surface area contributed by atoms with Crippen molar-refractivity contribution < 1.29 is 14.3 Å². The summed E-state index contributed by atoms with van der Waals surface area (Å²) in [5, 5.41) is 0. The van der Waals surface area contributed by atoms with Crippen LogP contribution < -0.4 is 11.5 Å². The van der Waals surface area contributed by atoms with Crippen molar-refractivity contribution in [1.29, 1.82) is 0 Å². The van der Waals surface area contributed by atoms with E-state index in [2.05, 4.69) is 0 Å². The quantitative estimate of drug-likeness (QED) is 0.644. The van der Waals surface area contributed by atoms with Gasteiger partial charge in [0.2, 0.25) is 5.91 Å². The topological polar surface area (TPSA) is 95.4 Å². The number of benzene rings is 2. The third kappa shape index (κ3) is 4.07. The van der Waals surface area contributed by atoms with E-state index in [0.29, 0.717) is 16.8 Å². The van der Waals surface area contributed by atoms with Gasteiger partial charge in [-0.1, -0.05) is 30.3 Å². The number of carbonyl (C=O) groups excluding carboxylic acids is 2. The Hall–Kier alpha value is -2.82. The van der Waals surface area contributed by atoms with Crippen LogP contribution in [0.5, 0.6) is 0 Å². The maximum atomic E-state index is 11.8. The van der Waals surface area contributed by atoms with Crippen molar-refractivity contribution in [2.75, 3.05) is 5.73 Å². The van der Waals surface area contributed by atoms with E-state index in [9.17, 15) is 9.59 Å². The highest BCUT2D eigenvalue weighted by molar-refractivity contribution is 5.92. The van der Waals surface area contributed by atoms with Crippen molar-refractivity contribution in [1.82, 2.24) is 0 Å². The first-order valence-corrected chi connectivity index (χ1v) is 6.44. The molecule has 0 aromatic heterocycles. The Bertz CT molecular complexity index is 668. The molecule has 1 amide bonds. The second-order valence-electron chi connectivity index (χ2n) is 4.60. The Balaban J connectivity index is 1.94. The molecule has 5 nitrogen and oxygen atoms in total. The van der Waals surface area contributed by atoms with Gasteiger partial charge >= 0.3 is 5.97 Å². The summed E-state index contributed by atoms with van der Waals surface area (Å²) in [6.07, 6.45) is 0.113. The van der Waals surface area contributed by atoms with Crippen LogP contribution in [0.15, 0.2) is 48.5 Å². The number of primary amides is 1. The molecular weight excluding hydrogens is 268 g/mol. The van der Waals surface area contributed by atoms with Gasteiger partial charge in [-0.2, -0.15) is 0 Å². The number of rotatable bonds is 5. The molecule has 5 heteroatoms. The lowest BCUT2D eigenvalue weighted by molar-refractivity contribution is -0.144. The van der Waals surface area contributed by atoms with Gasteiger partial charge in [0, 0.05) is 11.3 Å². The molecule has 0 aliphatic rings. The highest BCUT2D eigenvalue weighted by Crippen LogP contribution is 2.12. The molecule has 0 heterocycles. The normalized spacial score (nSPS) is 10.1. The number of carbonyl (C=O) groups is 2. The number of nitrogen functional groups attached to an aromatic ring is 1. The maximum absolute atomic E-state index is 11.8. The molecule has 0 aliphatic heterocycles. The lowest BCUT2D eigenvalue weighted by atomic mass is 10.1. The SMILES string of the molecule is NC(=O)c1cccc(COC(=O)Cc2ccccc2N)c1. The number of amides is 1. The smallest absolute Gasteiger partial charge is 0.310 e. The number of esters is 1. The molecule has 0 unspecified atom stereocenters. The van der Waals surface area contributed by atoms with E-state index in [1.165, 1.54) is 0 Å². The zero-order valence-corrected chi connectivity index (χ0v) is 11.4. The first-order chi connectivity index (χ1) is 10.1. The number of para-hydroxylation sites is 1. The molecule has 0 saturated heterocycles. The van der Waals surface area contributed by atoms with Gasteiger partial charge in [-0.3, -0.25) is 9.59 Å². The van der Waals surface area contributed by atoms with E-state index in [4.69, 9.17) is 16.2 Å². The third-order valence-corrected chi connectivity index (χ3v) is 3.00. The number of nitrogens with two attached hydrogens (primary N) is 2. The third-order valence-electron chi connectivity index (χ3n) is 3.00. The van der Waals surface area contributed by atoms with Crippen molar-refractivity contribution >= 4 is 17.6 Å². The molecule has 108 valence electrons. The molecule has 0 aliphatic carbocycles. The summed E-state index contributed by atoms with van der Waals surface area (Å²) in [5.41, 5.74) is 13.4. The highest BCUT2D eigenvalue weighted by Gasteiger charge is 2.08. The minimum atomic E-state index is -0.514. The van der Waals surface area contributed by atoms with Crippen LogP contribution in [-0.4, -0.2) is 11.9 Å². The lowest BCUT2D eigenvalue weighted by Crippen LogP contribution is -2.12. The first kappa shape index (κ1) is 14.6. The zero-order valence-electron chi connectivity index (χ0n) is 11.4. The predicted molar refractivity (Wildman–Crippen MR) is 79.3 cm³/mol. The van der Waals surface area contributed by atoms with Gasteiger partial charge in [0.15, 0.2) is 0 Å². The predicted octanol–water partition coefficient (Wildman–Crippen LogP) is 1.65. The van der Waals surface area contributed by atoms with Crippen molar-refractivity contribution in [3.63, 3.8) is 0 Å². The fraction of sp³-hybridized carbons (Fsp3) is 0.125. The van der Waals surface area contributed by atoms with Gasteiger partial charge in [0.25, 0.3) is 0 Å². The first-order valence-electron chi connectivity index (χ1n) is 6.44. The molecule has 0 radical (unpaired) electrons. The monoisotopic (exact) mass is 284 g/mol. The van der Waals surface area contributed by atoms with E-state index >= 15 is 0 Å². The van der Waals surface area contributed by atoms with Gasteiger partial charge < -0.3 is 16.2 Å².